The fourth-order valence-electron chi connectivity index (χ4n) is 2.56. The van der Waals surface area contributed by atoms with Crippen LogP contribution in [-0.2, 0) is 16.0 Å². The number of pyridine rings is 1. The lowest BCUT2D eigenvalue weighted by atomic mass is 9.92. The Morgan fingerprint density at radius 1 is 1.13 bits per heavy atom. The van der Waals surface area contributed by atoms with Gasteiger partial charge >= 0.3 is 6.18 Å². The van der Waals surface area contributed by atoms with Crippen LogP contribution in [0.2, 0.25) is 0 Å². The van der Waals surface area contributed by atoms with Gasteiger partial charge in [-0.25, -0.2) is 13.4 Å². The van der Waals surface area contributed by atoms with E-state index in [1.807, 2.05) is 0 Å². The molecule has 0 unspecified atom stereocenters. The number of hydrogen-bond acceptors (Lipinski definition) is 5. The van der Waals surface area contributed by atoms with Crippen molar-refractivity contribution in [2.45, 2.75) is 43.3 Å². The Morgan fingerprint density at radius 2 is 1.84 bits per heavy atom. The molecule has 1 aromatic heterocycles. The molecule has 0 saturated carbocycles. The molecule has 1 N–H and O–H groups in total. The van der Waals surface area contributed by atoms with E-state index < -0.39 is 21.6 Å². The zero-order valence-electron chi connectivity index (χ0n) is 17.5. The third kappa shape index (κ3) is 7.84. The molecule has 0 bridgehead atoms. The minimum absolute atomic E-state index is 0.0395. The summed E-state index contributed by atoms with van der Waals surface area (Å²) in [6.07, 6.45) is -2.34. The third-order valence-corrected chi connectivity index (χ3v) is 7.27. The first-order valence-corrected chi connectivity index (χ1v) is 12.2. The summed E-state index contributed by atoms with van der Waals surface area (Å²) >= 11 is 1.07. The summed E-state index contributed by atoms with van der Waals surface area (Å²) in [7, 11) is -3.93. The maximum atomic E-state index is 12.9. The van der Waals surface area contributed by atoms with Gasteiger partial charge < -0.3 is 5.32 Å². The minimum Gasteiger partial charge on any atom is -0.352 e. The molecule has 0 radical (unpaired) electrons. The van der Waals surface area contributed by atoms with E-state index in [9.17, 15) is 26.4 Å². The molecule has 0 aliphatic carbocycles. The first-order valence-electron chi connectivity index (χ1n) is 9.56. The Hall–Kier alpha value is -2.07. The highest BCUT2D eigenvalue weighted by Gasteiger charge is 2.31. The van der Waals surface area contributed by atoms with Gasteiger partial charge in [-0.2, -0.15) is 13.2 Å². The van der Waals surface area contributed by atoms with Crippen LogP contribution in [-0.4, -0.2) is 37.4 Å². The van der Waals surface area contributed by atoms with E-state index >= 15 is 0 Å². The SMILES string of the molecule is CC(C)(C)CCNC(=O)c1cccnc1SCCS(=O)(=O)c1cccc(C(F)(F)F)c1. The minimum atomic E-state index is -4.62. The number of carbonyl (C=O) groups is 1. The van der Waals surface area contributed by atoms with Crippen LogP contribution in [0.15, 0.2) is 52.5 Å². The number of amides is 1. The number of rotatable bonds is 8. The molecule has 2 rings (SSSR count). The first kappa shape index (κ1) is 25.2. The molecule has 170 valence electrons. The van der Waals surface area contributed by atoms with E-state index in [0.717, 1.165) is 36.4 Å². The molecule has 31 heavy (non-hydrogen) atoms. The molecule has 5 nitrogen and oxygen atoms in total. The van der Waals surface area contributed by atoms with Crippen molar-refractivity contribution in [1.82, 2.24) is 10.3 Å². The summed E-state index contributed by atoms with van der Waals surface area (Å²) in [5.74, 6) is -0.654. The van der Waals surface area contributed by atoms with E-state index in [0.29, 0.717) is 23.2 Å². The van der Waals surface area contributed by atoms with Crippen molar-refractivity contribution in [1.29, 1.82) is 0 Å². The largest absolute Gasteiger partial charge is 0.416 e. The van der Waals surface area contributed by atoms with Gasteiger partial charge in [0.05, 0.1) is 21.8 Å². The fraction of sp³-hybridized carbons (Fsp3) is 0.429. The number of halogens is 3. The lowest BCUT2D eigenvalue weighted by molar-refractivity contribution is -0.137. The van der Waals surface area contributed by atoms with E-state index in [2.05, 4.69) is 31.1 Å². The number of carbonyl (C=O) groups excluding carboxylic acids is 1. The number of aromatic nitrogens is 1. The number of sulfone groups is 1. The standard InChI is InChI=1S/C21H25F3N2O3S2/c1-20(2,3)9-11-25-18(27)17-8-5-10-26-19(17)30-12-13-31(28,29)16-7-4-6-15(14-16)21(22,23)24/h4-8,10,14H,9,11-13H2,1-3H3,(H,25,27). The predicted molar refractivity (Wildman–Crippen MR) is 115 cm³/mol. The van der Waals surface area contributed by atoms with Crippen LogP contribution in [0.4, 0.5) is 13.2 Å². The molecule has 0 spiro atoms. The highest BCUT2D eigenvalue weighted by Crippen LogP contribution is 2.31. The van der Waals surface area contributed by atoms with Crippen LogP contribution in [0.5, 0.6) is 0 Å². The smallest absolute Gasteiger partial charge is 0.352 e. The Bertz CT molecular complexity index is 1020. The summed E-state index contributed by atoms with van der Waals surface area (Å²) < 4.78 is 63.5. The van der Waals surface area contributed by atoms with Crippen molar-refractivity contribution >= 4 is 27.5 Å². The van der Waals surface area contributed by atoms with Gasteiger partial charge in [-0.15, -0.1) is 11.8 Å². The van der Waals surface area contributed by atoms with Crippen molar-refractivity contribution < 1.29 is 26.4 Å². The summed E-state index contributed by atoms with van der Waals surface area (Å²) in [6, 6.07) is 6.89. The van der Waals surface area contributed by atoms with Crippen molar-refractivity contribution in [3.05, 3.63) is 53.7 Å². The fourth-order valence-corrected chi connectivity index (χ4v) is 5.24. The van der Waals surface area contributed by atoms with Gasteiger partial charge in [0.1, 0.15) is 5.03 Å². The monoisotopic (exact) mass is 474 g/mol. The van der Waals surface area contributed by atoms with Gasteiger partial charge in [0.15, 0.2) is 9.84 Å². The van der Waals surface area contributed by atoms with Crippen LogP contribution >= 0.6 is 11.8 Å². The molecule has 1 amide bonds. The van der Waals surface area contributed by atoms with Gasteiger partial charge in [-0.3, -0.25) is 4.79 Å². The molecule has 0 aliphatic heterocycles. The van der Waals surface area contributed by atoms with Gasteiger partial charge in [0, 0.05) is 18.5 Å². The molecular weight excluding hydrogens is 449 g/mol. The molecule has 1 aromatic carbocycles. The second-order valence-corrected chi connectivity index (χ2v) is 11.3. The van der Waals surface area contributed by atoms with Crippen LogP contribution in [0.1, 0.15) is 43.1 Å². The van der Waals surface area contributed by atoms with Crippen molar-refractivity contribution in [3.8, 4) is 0 Å². The van der Waals surface area contributed by atoms with Gasteiger partial charge in [-0.1, -0.05) is 26.8 Å². The predicted octanol–water partition coefficient (Wildman–Crippen LogP) is 4.83. The van der Waals surface area contributed by atoms with Gasteiger partial charge in [0.2, 0.25) is 0 Å². The summed E-state index contributed by atoms with van der Waals surface area (Å²) in [5.41, 5.74) is -0.615. The Morgan fingerprint density at radius 3 is 2.48 bits per heavy atom. The van der Waals surface area contributed by atoms with Crippen LogP contribution < -0.4 is 5.32 Å². The molecule has 0 saturated heterocycles. The average Bonchev–Trinajstić information content (AvgIpc) is 2.66. The number of thioether (sulfide) groups is 1. The first-order chi connectivity index (χ1) is 14.3. The maximum Gasteiger partial charge on any atom is 0.416 e. The Kier molecular flexibility index (Phi) is 8.15. The molecule has 2 aromatic rings. The van der Waals surface area contributed by atoms with Gasteiger partial charge in [-0.05, 0) is 42.2 Å². The highest BCUT2D eigenvalue weighted by molar-refractivity contribution is 8.00. The van der Waals surface area contributed by atoms with E-state index in [-0.39, 0.29) is 27.7 Å². The van der Waals surface area contributed by atoms with Crippen molar-refractivity contribution in [2.75, 3.05) is 18.1 Å². The average molecular weight is 475 g/mol. The third-order valence-electron chi connectivity index (χ3n) is 4.29. The van der Waals surface area contributed by atoms with E-state index in [4.69, 9.17) is 0 Å². The second kappa shape index (κ2) is 10.0. The van der Waals surface area contributed by atoms with Gasteiger partial charge in [0.25, 0.3) is 5.91 Å². The Labute approximate surface area is 184 Å². The molecule has 1 heterocycles. The normalized spacial score (nSPS) is 12.6. The number of hydrogen-bond donors (Lipinski definition) is 1. The topological polar surface area (TPSA) is 76.1 Å². The molecular formula is C21H25F3N2O3S2. The van der Waals surface area contributed by atoms with Crippen LogP contribution in [0, 0.1) is 5.41 Å². The number of benzene rings is 1. The molecule has 10 heteroatoms. The lowest BCUT2D eigenvalue weighted by Gasteiger charge is -2.18. The van der Waals surface area contributed by atoms with Crippen LogP contribution in [0.25, 0.3) is 0 Å². The number of alkyl halides is 3. The maximum absolute atomic E-state index is 12.9. The zero-order chi connectivity index (χ0) is 23.3. The summed E-state index contributed by atoms with van der Waals surface area (Å²) in [5, 5.41) is 3.20. The second-order valence-electron chi connectivity index (χ2n) is 8.12. The molecule has 0 fully saturated rings. The van der Waals surface area contributed by atoms with Crippen molar-refractivity contribution in [2.24, 2.45) is 5.41 Å². The van der Waals surface area contributed by atoms with Crippen molar-refractivity contribution in [3.63, 3.8) is 0 Å². The van der Waals surface area contributed by atoms with Crippen LogP contribution in [0.3, 0.4) is 0 Å². The highest BCUT2D eigenvalue weighted by atomic mass is 32.2. The van der Waals surface area contributed by atoms with E-state index in [1.54, 1.807) is 12.1 Å². The number of nitrogens with one attached hydrogen (secondary N) is 1. The molecule has 0 aliphatic rings. The molecule has 0 atom stereocenters. The summed E-state index contributed by atoms with van der Waals surface area (Å²) in [6.45, 7) is 6.69. The lowest BCUT2D eigenvalue weighted by Crippen LogP contribution is -2.27. The quantitative estimate of drug-likeness (QED) is 0.555. The van der Waals surface area contributed by atoms with E-state index in [1.165, 1.54) is 6.20 Å². The summed E-state index contributed by atoms with van der Waals surface area (Å²) in [4.78, 5) is 16.2. The zero-order valence-corrected chi connectivity index (χ0v) is 19.1. The Balaban J connectivity index is 2.03. The number of nitrogens with zero attached hydrogens (tertiary/aromatic N) is 1.